The van der Waals surface area contributed by atoms with Crippen molar-refractivity contribution < 1.29 is 39.6 Å². The van der Waals surface area contributed by atoms with Crippen molar-refractivity contribution in [2.45, 2.75) is 64.9 Å². The van der Waals surface area contributed by atoms with E-state index in [1.54, 1.807) is 0 Å². The van der Waals surface area contributed by atoms with Crippen molar-refractivity contribution in [1.29, 1.82) is 0 Å². The topological polar surface area (TPSA) is 74.0 Å². The summed E-state index contributed by atoms with van der Waals surface area (Å²) in [6.45, 7) is -6.63. The van der Waals surface area contributed by atoms with Gasteiger partial charge in [0.15, 0.2) is 11.5 Å². The van der Waals surface area contributed by atoms with Gasteiger partial charge in [-0.25, -0.2) is 0 Å². The summed E-state index contributed by atoms with van der Waals surface area (Å²) in [5, 5.41) is 0. The molecule has 2 N–H and O–H groups in total. The molecule has 0 aromatic heterocycles. The number of aryl methyl sites for hydroxylation is 1. The minimum Gasteiger partial charge on any atom is -0.493 e. The Kier molecular flexibility index (Phi) is 3.26. The van der Waals surface area contributed by atoms with Crippen LogP contribution in [0.15, 0.2) is 12.1 Å². The maximum Gasteiger partial charge on any atom is 0.323 e. The minimum atomic E-state index is -3.78. The Bertz CT molecular complexity index is 1260. The van der Waals surface area contributed by atoms with E-state index in [9.17, 15) is 4.79 Å². The number of carbonyl (C=O) groups excluding carboxylic acids is 1. The normalized spacial score (nSPS) is 38.3. The van der Waals surface area contributed by atoms with Crippen molar-refractivity contribution in [3.63, 3.8) is 0 Å². The highest BCUT2D eigenvalue weighted by Crippen LogP contribution is 2.44. The van der Waals surface area contributed by atoms with E-state index in [0.717, 1.165) is 6.07 Å². The molecule has 1 fully saturated rings. The zero-order chi connectivity index (χ0) is 34.9. The van der Waals surface area contributed by atoms with E-state index in [2.05, 4.69) is 0 Å². The van der Waals surface area contributed by atoms with Gasteiger partial charge in [-0.2, -0.15) is 0 Å². The first-order valence-electron chi connectivity index (χ1n) is 17.2. The Morgan fingerprint density at radius 1 is 1.37 bits per heavy atom. The van der Waals surface area contributed by atoms with Gasteiger partial charge >= 0.3 is 5.97 Å². The summed E-state index contributed by atoms with van der Waals surface area (Å²) in [7, 11) is -1.71. The summed E-state index contributed by atoms with van der Waals surface area (Å²) in [6.07, 6.45) is -3.86. The molecule has 0 radical (unpaired) electrons. The third kappa shape index (κ3) is 4.75. The highest BCUT2D eigenvalue weighted by Gasteiger charge is 2.41. The Balaban J connectivity index is 2.16. The molecule has 3 rings (SSSR count). The number of fused-ring (bicyclic) bond motifs is 3. The van der Waals surface area contributed by atoms with Crippen LogP contribution in [0.3, 0.4) is 0 Å². The first-order valence-corrected chi connectivity index (χ1v) is 9.72. The van der Waals surface area contributed by atoms with Crippen LogP contribution in [0.25, 0.3) is 0 Å². The van der Waals surface area contributed by atoms with E-state index < -0.39 is 69.6 Å². The molecule has 1 aromatic carbocycles. The molecule has 6 nitrogen and oxygen atoms in total. The fraction of sp³-hybridized carbons (Fsp3) is 0.708. The highest BCUT2D eigenvalue weighted by atomic mass is 16.5. The van der Waals surface area contributed by atoms with Gasteiger partial charge in [-0.15, -0.1) is 0 Å². The SMILES string of the molecule is [2H]C([2H])([2H])Oc1cc2c(cc1OC)C1CC(OC(=O)[C@@]([2H])(N)C([2H])(C([2H])([2H])[2H])C([2H])([2H])[2H])C(CC(C)C)CN1C([2H])([2H])C2([2H])[2H]. The number of piperidine rings is 1. The van der Waals surface area contributed by atoms with Gasteiger partial charge < -0.3 is 19.9 Å². The smallest absolute Gasteiger partial charge is 0.323 e. The number of hydrogen-bond donors (Lipinski definition) is 1. The van der Waals surface area contributed by atoms with Gasteiger partial charge in [0.1, 0.15) is 12.1 Å². The van der Waals surface area contributed by atoms with Crippen molar-refractivity contribution in [2.24, 2.45) is 23.5 Å². The van der Waals surface area contributed by atoms with Crippen LogP contribution in [0.4, 0.5) is 0 Å². The van der Waals surface area contributed by atoms with E-state index in [4.69, 9.17) is 40.5 Å². The monoisotopic (exact) mass is 433 g/mol. The molecule has 0 aliphatic carbocycles. The lowest BCUT2D eigenvalue weighted by Gasteiger charge is -2.47. The Morgan fingerprint density at radius 2 is 2.13 bits per heavy atom. The second-order valence-corrected chi connectivity index (χ2v) is 7.96. The van der Waals surface area contributed by atoms with E-state index in [-0.39, 0.29) is 41.5 Å². The van der Waals surface area contributed by atoms with Crippen molar-refractivity contribution in [2.75, 3.05) is 27.2 Å². The van der Waals surface area contributed by atoms with Gasteiger partial charge in [-0.05, 0) is 47.9 Å². The lowest BCUT2D eigenvalue weighted by Crippen LogP contribution is -2.51. The maximum atomic E-state index is 13.4. The van der Waals surface area contributed by atoms with Gasteiger partial charge in [0.2, 0.25) is 0 Å². The molecule has 0 bridgehead atoms. The predicted molar refractivity (Wildman–Crippen MR) is 118 cm³/mol. The number of methoxy groups -OCH3 is 2. The van der Waals surface area contributed by atoms with Crippen LogP contribution in [0.5, 0.6) is 11.5 Å². The van der Waals surface area contributed by atoms with E-state index in [0.29, 0.717) is 6.42 Å². The standard InChI is InChI=1S/C24H38N2O4/c1-14(2)9-17-13-26-8-7-16-10-21(28-5)22(29-6)11-18(16)19(26)12-20(17)30-24(27)23(25)15(3)4/h10-11,14-15,17,19-20,23H,7-9,12-13,25H2,1-6H3/t17?,19?,20?,23-/m0/s1/i3D3,4D3,5D3,7D2,8D2,15D,23D. The summed E-state index contributed by atoms with van der Waals surface area (Å²) in [4.78, 5) is 14.7. The van der Waals surface area contributed by atoms with Crippen molar-refractivity contribution in [3.8, 4) is 11.5 Å². The molecule has 0 saturated carbocycles. The van der Waals surface area contributed by atoms with Crippen LogP contribution in [0.2, 0.25) is 0 Å². The largest absolute Gasteiger partial charge is 0.493 e. The lowest BCUT2D eigenvalue weighted by atomic mass is 9.79. The van der Waals surface area contributed by atoms with E-state index in [1.165, 1.54) is 18.1 Å². The van der Waals surface area contributed by atoms with Crippen molar-refractivity contribution in [1.82, 2.24) is 4.90 Å². The van der Waals surface area contributed by atoms with Gasteiger partial charge in [0, 0.05) is 46.5 Å². The second-order valence-electron chi connectivity index (χ2n) is 7.96. The molecule has 2 aliphatic heterocycles. The van der Waals surface area contributed by atoms with Crippen LogP contribution in [0.1, 0.15) is 78.1 Å². The van der Waals surface area contributed by atoms with Crippen LogP contribution in [-0.2, 0) is 15.9 Å². The third-order valence-corrected chi connectivity index (χ3v) is 5.45. The van der Waals surface area contributed by atoms with Crippen molar-refractivity contribution in [3.05, 3.63) is 23.3 Å². The molecule has 1 saturated heterocycles. The third-order valence-electron chi connectivity index (χ3n) is 5.45. The summed E-state index contributed by atoms with van der Waals surface area (Å²) < 4.78 is 136. The maximum absolute atomic E-state index is 13.4. The molecule has 6 heteroatoms. The predicted octanol–water partition coefficient (Wildman–Crippen LogP) is 3.56. The summed E-state index contributed by atoms with van der Waals surface area (Å²) in [6, 6.07) is -2.27. The Hall–Kier alpha value is -1.79. The second kappa shape index (κ2) is 9.56. The molecule has 3 unspecified atom stereocenters. The summed E-state index contributed by atoms with van der Waals surface area (Å²) in [5.41, 5.74) is 5.67. The van der Waals surface area contributed by atoms with E-state index in [1.807, 2.05) is 13.8 Å². The average Bonchev–Trinajstić information content (AvgIpc) is 2.85. The van der Waals surface area contributed by atoms with Crippen LogP contribution in [0, 0.1) is 17.7 Å². The first-order chi connectivity index (χ1) is 20.0. The number of benzene rings is 1. The number of carbonyl (C=O) groups is 1. The highest BCUT2D eigenvalue weighted by molar-refractivity contribution is 5.76. The molecule has 4 atom stereocenters. The molecular weight excluding hydrogens is 380 g/mol. The lowest BCUT2D eigenvalue weighted by molar-refractivity contribution is -0.160. The van der Waals surface area contributed by atoms with Crippen LogP contribution < -0.4 is 15.2 Å². The number of esters is 1. The van der Waals surface area contributed by atoms with Gasteiger partial charge in [-0.1, -0.05) is 27.6 Å². The van der Waals surface area contributed by atoms with Crippen LogP contribution >= 0.6 is 0 Å². The summed E-state index contributed by atoms with van der Waals surface area (Å²) >= 11 is 0. The van der Waals surface area contributed by atoms with Gasteiger partial charge in [0.05, 0.1) is 19.6 Å². The number of ether oxygens (including phenoxy) is 3. The molecule has 2 heterocycles. The van der Waals surface area contributed by atoms with Gasteiger partial charge in [0.25, 0.3) is 0 Å². The van der Waals surface area contributed by atoms with E-state index >= 15 is 0 Å². The van der Waals surface area contributed by atoms with Gasteiger partial charge in [-0.3, -0.25) is 9.69 Å². The summed E-state index contributed by atoms with van der Waals surface area (Å²) in [5.74, 6) is -6.78. The average molecular weight is 434 g/mol. The molecule has 30 heavy (non-hydrogen) atoms. The zero-order valence-electron chi connectivity index (χ0n) is 32.2. The molecule has 2 aliphatic rings. The molecule has 1 aromatic rings. The Morgan fingerprint density at radius 3 is 2.80 bits per heavy atom. The first kappa shape index (κ1) is 10.2. The molecule has 0 spiro atoms. The number of hydrogen-bond acceptors (Lipinski definition) is 6. The number of nitrogens with zero attached hydrogens (tertiary/aromatic N) is 1. The Labute approximate surface area is 202 Å². The molecule has 168 valence electrons. The fourth-order valence-corrected chi connectivity index (χ4v) is 4.07. The zero-order valence-corrected chi connectivity index (χ0v) is 17.2. The van der Waals surface area contributed by atoms with Crippen LogP contribution in [-0.4, -0.2) is 50.2 Å². The van der Waals surface area contributed by atoms with Crippen molar-refractivity contribution >= 4 is 5.97 Å². The fourth-order valence-electron chi connectivity index (χ4n) is 4.07. The number of nitrogens with two attached hydrogens (primary N) is 1. The quantitative estimate of drug-likeness (QED) is 0.663. The molecular formula is C24H38N2O4. The minimum absolute atomic E-state index is 0.0641. The molecule has 0 amide bonds. The number of rotatable bonds is 7.